The molecule has 5 rings (SSSR count). The van der Waals surface area contributed by atoms with Gasteiger partial charge in [0.15, 0.2) is 5.82 Å². The van der Waals surface area contributed by atoms with E-state index in [0.29, 0.717) is 24.7 Å². The number of hydrogen-bond acceptors (Lipinski definition) is 6. The molecule has 156 valence electrons. The highest BCUT2D eigenvalue weighted by Crippen LogP contribution is 2.47. The van der Waals surface area contributed by atoms with Crippen LogP contribution in [0.15, 0.2) is 16.8 Å². The highest BCUT2D eigenvalue weighted by molar-refractivity contribution is 5.92. The molecule has 0 bridgehead atoms. The Morgan fingerprint density at radius 1 is 1.21 bits per heavy atom. The predicted molar refractivity (Wildman–Crippen MR) is 104 cm³/mol. The molecule has 29 heavy (non-hydrogen) atoms. The van der Waals surface area contributed by atoms with Crippen molar-refractivity contribution in [3.8, 4) is 0 Å². The third-order valence-corrected chi connectivity index (χ3v) is 6.80. The van der Waals surface area contributed by atoms with Crippen LogP contribution < -0.4 is 0 Å². The Balaban J connectivity index is 1.32. The smallest absolute Gasteiger partial charge is 0.274 e. The molecule has 0 N–H and O–H groups in total. The minimum atomic E-state index is -0.0744. The van der Waals surface area contributed by atoms with Gasteiger partial charge in [0.25, 0.3) is 5.91 Å². The van der Waals surface area contributed by atoms with Crippen molar-refractivity contribution in [3.05, 3.63) is 29.7 Å². The van der Waals surface area contributed by atoms with Crippen LogP contribution in [0.1, 0.15) is 73.1 Å². The van der Waals surface area contributed by atoms with Gasteiger partial charge in [-0.1, -0.05) is 18.0 Å². The van der Waals surface area contributed by atoms with E-state index in [1.165, 1.54) is 12.8 Å². The van der Waals surface area contributed by atoms with E-state index in [9.17, 15) is 4.79 Å². The first-order valence-electron chi connectivity index (χ1n) is 10.8. The zero-order valence-electron chi connectivity index (χ0n) is 17.0. The molecule has 2 aliphatic heterocycles. The Kier molecular flexibility index (Phi) is 4.89. The van der Waals surface area contributed by atoms with Crippen LogP contribution in [-0.2, 0) is 17.2 Å². The fourth-order valence-electron chi connectivity index (χ4n) is 4.78. The van der Waals surface area contributed by atoms with Gasteiger partial charge in [0, 0.05) is 50.9 Å². The average Bonchev–Trinajstić information content (AvgIpc) is 3.24. The third-order valence-electron chi connectivity index (χ3n) is 6.80. The molecular weight excluding hydrogens is 370 g/mol. The topological polar surface area (TPSA) is 86.3 Å². The van der Waals surface area contributed by atoms with Crippen LogP contribution in [0, 0.1) is 5.92 Å². The molecule has 8 nitrogen and oxygen atoms in total. The molecule has 1 saturated carbocycles. The van der Waals surface area contributed by atoms with Crippen LogP contribution in [0.3, 0.4) is 0 Å². The zero-order valence-corrected chi connectivity index (χ0v) is 17.0. The minimum absolute atomic E-state index is 0.0154. The van der Waals surface area contributed by atoms with Crippen molar-refractivity contribution in [1.82, 2.24) is 24.8 Å². The summed E-state index contributed by atoms with van der Waals surface area (Å²) < 4.78 is 12.9. The Morgan fingerprint density at radius 3 is 2.62 bits per heavy atom. The summed E-state index contributed by atoms with van der Waals surface area (Å²) in [6, 6.07) is 1.79. The van der Waals surface area contributed by atoms with Gasteiger partial charge in [-0.25, -0.2) is 0 Å². The van der Waals surface area contributed by atoms with Gasteiger partial charge in [0.05, 0.1) is 0 Å². The number of aromatic nitrogens is 4. The molecule has 0 unspecified atom stereocenters. The highest BCUT2D eigenvalue weighted by Gasteiger charge is 2.45. The van der Waals surface area contributed by atoms with Gasteiger partial charge in [-0.05, 0) is 44.1 Å². The van der Waals surface area contributed by atoms with Crippen LogP contribution >= 0.6 is 0 Å². The van der Waals surface area contributed by atoms with Crippen molar-refractivity contribution < 1.29 is 14.1 Å². The summed E-state index contributed by atoms with van der Waals surface area (Å²) in [5.74, 6) is 2.72. The van der Waals surface area contributed by atoms with Crippen LogP contribution in [0.4, 0.5) is 0 Å². The molecule has 0 spiro atoms. The number of ether oxygens (including phenoxy) is 1. The number of hydrogen-bond donors (Lipinski definition) is 0. The van der Waals surface area contributed by atoms with E-state index in [1.807, 2.05) is 18.1 Å². The van der Waals surface area contributed by atoms with Gasteiger partial charge in [-0.2, -0.15) is 10.1 Å². The zero-order chi connectivity index (χ0) is 19.8. The van der Waals surface area contributed by atoms with Crippen LogP contribution in [0.2, 0.25) is 0 Å². The maximum Gasteiger partial charge on any atom is 0.274 e. The first-order chi connectivity index (χ1) is 14.1. The molecule has 0 atom stereocenters. The number of carbonyl (C=O) groups excluding carboxylic acids is 1. The van der Waals surface area contributed by atoms with E-state index in [-0.39, 0.29) is 11.3 Å². The van der Waals surface area contributed by atoms with E-state index in [1.54, 1.807) is 10.7 Å². The monoisotopic (exact) mass is 399 g/mol. The summed E-state index contributed by atoms with van der Waals surface area (Å²) >= 11 is 0. The molecule has 2 aromatic rings. The van der Waals surface area contributed by atoms with Gasteiger partial charge >= 0.3 is 0 Å². The molecule has 0 radical (unpaired) electrons. The van der Waals surface area contributed by atoms with Crippen LogP contribution in [0.5, 0.6) is 0 Å². The first-order valence-corrected chi connectivity index (χ1v) is 10.8. The normalized spacial score (nSPS) is 22.7. The Labute approximate surface area is 170 Å². The van der Waals surface area contributed by atoms with Gasteiger partial charge < -0.3 is 14.2 Å². The number of aryl methyl sites for hydroxylation is 1. The number of amides is 1. The second kappa shape index (κ2) is 7.55. The fourth-order valence-corrected chi connectivity index (χ4v) is 4.78. The van der Waals surface area contributed by atoms with Gasteiger partial charge in [-0.15, -0.1) is 0 Å². The summed E-state index contributed by atoms with van der Waals surface area (Å²) in [6.07, 6.45) is 9.17. The molecule has 4 heterocycles. The number of piperidine rings is 1. The standard InChI is InChI=1S/C21H29N5O3/c1-25-9-4-17(23-25)19(27)26-10-7-21(8-11-26,14-15-2-3-15)20-22-18(29-24-20)16-5-12-28-13-6-16/h4,9,15-16H,2-3,5-8,10-14H2,1H3. The van der Waals surface area contributed by atoms with E-state index < -0.39 is 0 Å². The predicted octanol–water partition coefficient (Wildman–Crippen LogP) is 2.67. The lowest BCUT2D eigenvalue weighted by molar-refractivity contribution is 0.0638. The van der Waals surface area contributed by atoms with Crippen molar-refractivity contribution in [1.29, 1.82) is 0 Å². The Hall–Kier alpha value is -2.22. The van der Waals surface area contributed by atoms with E-state index in [4.69, 9.17) is 14.2 Å². The van der Waals surface area contributed by atoms with Gasteiger partial charge in [0.1, 0.15) is 5.69 Å². The summed E-state index contributed by atoms with van der Waals surface area (Å²) in [7, 11) is 1.83. The second-order valence-corrected chi connectivity index (χ2v) is 8.94. The van der Waals surface area contributed by atoms with E-state index in [0.717, 1.165) is 63.0 Å². The SMILES string of the molecule is Cn1ccc(C(=O)N2CCC(CC3CC3)(c3noc(C4CCOCC4)n3)CC2)n1. The maximum absolute atomic E-state index is 12.8. The average molecular weight is 399 g/mol. The Morgan fingerprint density at radius 2 is 1.97 bits per heavy atom. The maximum atomic E-state index is 12.8. The molecule has 8 heteroatoms. The summed E-state index contributed by atoms with van der Waals surface area (Å²) in [6.45, 7) is 2.95. The lowest BCUT2D eigenvalue weighted by Gasteiger charge is -2.40. The summed E-state index contributed by atoms with van der Waals surface area (Å²) in [4.78, 5) is 19.6. The quantitative estimate of drug-likeness (QED) is 0.768. The van der Waals surface area contributed by atoms with E-state index >= 15 is 0 Å². The van der Waals surface area contributed by atoms with E-state index in [2.05, 4.69) is 10.3 Å². The van der Waals surface area contributed by atoms with Crippen molar-refractivity contribution >= 4 is 5.91 Å². The number of nitrogens with zero attached hydrogens (tertiary/aromatic N) is 5. The molecule has 1 amide bonds. The van der Waals surface area contributed by atoms with Crippen molar-refractivity contribution in [2.45, 2.75) is 56.3 Å². The second-order valence-electron chi connectivity index (χ2n) is 8.94. The molecule has 2 aromatic heterocycles. The highest BCUT2D eigenvalue weighted by atomic mass is 16.5. The summed E-state index contributed by atoms with van der Waals surface area (Å²) in [5, 5.41) is 8.72. The summed E-state index contributed by atoms with van der Waals surface area (Å²) in [5.41, 5.74) is 0.443. The molecule has 0 aromatic carbocycles. The molecule has 1 aliphatic carbocycles. The van der Waals surface area contributed by atoms with Crippen molar-refractivity contribution in [2.75, 3.05) is 26.3 Å². The molecule has 2 saturated heterocycles. The lowest BCUT2D eigenvalue weighted by Crippen LogP contribution is -2.46. The minimum Gasteiger partial charge on any atom is -0.381 e. The third kappa shape index (κ3) is 3.82. The van der Waals surface area contributed by atoms with Gasteiger partial charge in [-0.3, -0.25) is 9.48 Å². The largest absolute Gasteiger partial charge is 0.381 e. The number of carbonyl (C=O) groups is 1. The van der Waals surface area contributed by atoms with Crippen LogP contribution in [0.25, 0.3) is 0 Å². The van der Waals surface area contributed by atoms with Crippen molar-refractivity contribution in [2.24, 2.45) is 13.0 Å². The first kappa shape index (κ1) is 18.8. The molecule has 3 aliphatic rings. The Bertz CT molecular complexity index is 857. The molecule has 3 fully saturated rings. The fraction of sp³-hybridized carbons (Fsp3) is 0.714. The number of rotatable bonds is 5. The van der Waals surface area contributed by atoms with Gasteiger partial charge in [0.2, 0.25) is 5.89 Å². The number of likely N-dealkylation sites (tertiary alicyclic amines) is 1. The van der Waals surface area contributed by atoms with Crippen molar-refractivity contribution in [3.63, 3.8) is 0 Å². The van der Waals surface area contributed by atoms with Crippen LogP contribution in [-0.4, -0.2) is 57.0 Å². The lowest BCUT2D eigenvalue weighted by atomic mass is 9.73. The molecular formula is C21H29N5O3.